The van der Waals surface area contributed by atoms with Crippen molar-refractivity contribution in [3.8, 4) is 11.5 Å². The van der Waals surface area contributed by atoms with Crippen LogP contribution in [0.25, 0.3) is 0 Å². The van der Waals surface area contributed by atoms with E-state index in [1.54, 1.807) is 7.11 Å². The number of benzene rings is 2. The summed E-state index contributed by atoms with van der Waals surface area (Å²) in [5.41, 5.74) is 0.981. The SMILES string of the molecule is COc1ccccc1OCCNC(=O)CCc1ccccc1Cl. The third-order valence-corrected chi connectivity index (χ3v) is 3.70. The van der Waals surface area contributed by atoms with Crippen molar-refractivity contribution in [2.75, 3.05) is 20.3 Å². The molecule has 0 atom stereocenters. The number of rotatable bonds is 8. The lowest BCUT2D eigenvalue weighted by molar-refractivity contribution is -0.121. The first-order valence-electron chi connectivity index (χ1n) is 7.46. The van der Waals surface area contributed by atoms with Crippen LogP contribution in [0, 0.1) is 0 Å². The largest absolute Gasteiger partial charge is 0.493 e. The van der Waals surface area contributed by atoms with Crippen LogP contribution in [0.1, 0.15) is 12.0 Å². The highest BCUT2D eigenvalue weighted by molar-refractivity contribution is 6.31. The second-order valence-corrected chi connectivity index (χ2v) is 5.35. The number of carbonyl (C=O) groups is 1. The molecule has 0 unspecified atom stereocenters. The Bertz CT molecular complexity index is 646. The van der Waals surface area contributed by atoms with Crippen LogP contribution in [-0.4, -0.2) is 26.2 Å². The molecular formula is C18H20ClNO3. The van der Waals surface area contributed by atoms with Crippen LogP contribution >= 0.6 is 11.6 Å². The average Bonchev–Trinajstić information content (AvgIpc) is 2.58. The smallest absolute Gasteiger partial charge is 0.220 e. The molecule has 0 radical (unpaired) electrons. The van der Waals surface area contributed by atoms with E-state index in [-0.39, 0.29) is 5.91 Å². The van der Waals surface area contributed by atoms with Crippen molar-refractivity contribution in [3.05, 3.63) is 59.1 Å². The van der Waals surface area contributed by atoms with Gasteiger partial charge in [0.1, 0.15) is 6.61 Å². The van der Waals surface area contributed by atoms with Crippen LogP contribution in [0.5, 0.6) is 11.5 Å². The number of amides is 1. The minimum absolute atomic E-state index is 0.0199. The molecule has 4 nitrogen and oxygen atoms in total. The van der Waals surface area contributed by atoms with Crippen molar-refractivity contribution in [2.24, 2.45) is 0 Å². The number of ether oxygens (including phenoxy) is 2. The molecule has 2 rings (SSSR count). The summed E-state index contributed by atoms with van der Waals surface area (Å²) < 4.78 is 10.8. The van der Waals surface area contributed by atoms with E-state index >= 15 is 0 Å². The van der Waals surface area contributed by atoms with Gasteiger partial charge < -0.3 is 14.8 Å². The molecule has 1 N–H and O–H groups in total. The van der Waals surface area contributed by atoms with Crippen LogP contribution in [0.2, 0.25) is 5.02 Å². The Labute approximate surface area is 141 Å². The van der Waals surface area contributed by atoms with Gasteiger partial charge in [-0.3, -0.25) is 4.79 Å². The van der Waals surface area contributed by atoms with Gasteiger partial charge in [0, 0.05) is 11.4 Å². The minimum Gasteiger partial charge on any atom is -0.493 e. The second kappa shape index (κ2) is 9.06. The summed E-state index contributed by atoms with van der Waals surface area (Å²) in [6.07, 6.45) is 1.03. The Morgan fingerprint density at radius 2 is 1.78 bits per heavy atom. The maximum Gasteiger partial charge on any atom is 0.220 e. The summed E-state index contributed by atoms with van der Waals surface area (Å²) in [5.74, 6) is 1.33. The Morgan fingerprint density at radius 1 is 1.09 bits per heavy atom. The molecule has 5 heteroatoms. The van der Waals surface area contributed by atoms with Gasteiger partial charge in [-0.15, -0.1) is 0 Å². The topological polar surface area (TPSA) is 47.6 Å². The van der Waals surface area contributed by atoms with Crippen LogP contribution in [0.15, 0.2) is 48.5 Å². The fraction of sp³-hybridized carbons (Fsp3) is 0.278. The summed E-state index contributed by atoms with van der Waals surface area (Å²) in [4.78, 5) is 11.8. The van der Waals surface area contributed by atoms with Gasteiger partial charge in [0.15, 0.2) is 11.5 Å². The summed E-state index contributed by atoms with van der Waals surface area (Å²) in [5, 5.41) is 3.53. The first kappa shape index (κ1) is 17.2. The van der Waals surface area contributed by atoms with E-state index in [1.807, 2.05) is 48.5 Å². The van der Waals surface area contributed by atoms with Crippen LogP contribution < -0.4 is 14.8 Å². The monoisotopic (exact) mass is 333 g/mol. The Kier molecular flexibility index (Phi) is 6.76. The van der Waals surface area contributed by atoms with Crippen LogP contribution in [0.4, 0.5) is 0 Å². The van der Waals surface area contributed by atoms with Gasteiger partial charge in [-0.1, -0.05) is 41.9 Å². The van der Waals surface area contributed by atoms with E-state index in [0.29, 0.717) is 42.5 Å². The number of hydrogen-bond donors (Lipinski definition) is 1. The molecule has 0 saturated carbocycles. The van der Waals surface area contributed by atoms with Gasteiger partial charge in [0.05, 0.1) is 13.7 Å². The molecule has 2 aromatic carbocycles. The predicted octanol–water partition coefficient (Wildman–Crippen LogP) is 3.48. The van der Waals surface area contributed by atoms with Gasteiger partial charge in [-0.2, -0.15) is 0 Å². The van der Waals surface area contributed by atoms with Gasteiger partial charge in [-0.05, 0) is 30.2 Å². The van der Waals surface area contributed by atoms with Crippen molar-refractivity contribution >= 4 is 17.5 Å². The molecule has 0 aliphatic carbocycles. The van der Waals surface area contributed by atoms with Crippen molar-refractivity contribution in [2.45, 2.75) is 12.8 Å². The van der Waals surface area contributed by atoms with E-state index in [1.165, 1.54) is 0 Å². The van der Waals surface area contributed by atoms with E-state index < -0.39 is 0 Å². The normalized spacial score (nSPS) is 10.2. The molecule has 0 fully saturated rings. The molecule has 2 aromatic rings. The van der Waals surface area contributed by atoms with Crippen molar-refractivity contribution in [1.29, 1.82) is 0 Å². The second-order valence-electron chi connectivity index (χ2n) is 4.94. The van der Waals surface area contributed by atoms with Crippen molar-refractivity contribution in [1.82, 2.24) is 5.32 Å². The molecule has 0 saturated heterocycles. The summed E-state index contributed by atoms with van der Waals surface area (Å²) >= 11 is 6.07. The highest BCUT2D eigenvalue weighted by Gasteiger charge is 2.05. The Morgan fingerprint density at radius 3 is 2.52 bits per heavy atom. The summed E-state index contributed by atoms with van der Waals surface area (Å²) in [6.45, 7) is 0.831. The molecule has 0 aliphatic rings. The standard InChI is InChI=1S/C18H20ClNO3/c1-22-16-8-4-5-9-17(16)23-13-12-20-18(21)11-10-14-6-2-3-7-15(14)19/h2-9H,10-13H2,1H3,(H,20,21). The quantitative estimate of drug-likeness (QED) is 0.752. The van der Waals surface area contributed by atoms with Gasteiger partial charge in [0.2, 0.25) is 5.91 Å². The van der Waals surface area contributed by atoms with E-state index in [0.717, 1.165) is 5.56 Å². The molecule has 0 spiro atoms. The molecule has 122 valence electrons. The average molecular weight is 334 g/mol. The third kappa shape index (κ3) is 5.49. The maximum absolute atomic E-state index is 11.8. The number of para-hydroxylation sites is 2. The van der Waals surface area contributed by atoms with E-state index in [4.69, 9.17) is 21.1 Å². The predicted molar refractivity (Wildman–Crippen MR) is 91.3 cm³/mol. The zero-order valence-corrected chi connectivity index (χ0v) is 13.8. The Hall–Kier alpha value is -2.20. The third-order valence-electron chi connectivity index (χ3n) is 3.33. The zero-order valence-electron chi connectivity index (χ0n) is 13.0. The fourth-order valence-electron chi connectivity index (χ4n) is 2.13. The minimum atomic E-state index is -0.0199. The number of aryl methyl sites for hydroxylation is 1. The highest BCUT2D eigenvalue weighted by Crippen LogP contribution is 2.25. The molecule has 0 bridgehead atoms. The fourth-order valence-corrected chi connectivity index (χ4v) is 2.36. The first-order chi connectivity index (χ1) is 11.2. The van der Waals surface area contributed by atoms with Crippen molar-refractivity contribution < 1.29 is 14.3 Å². The van der Waals surface area contributed by atoms with Crippen molar-refractivity contribution in [3.63, 3.8) is 0 Å². The van der Waals surface area contributed by atoms with Gasteiger partial charge >= 0.3 is 0 Å². The molecule has 0 heterocycles. The maximum atomic E-state index is 11.8. The number of methoxy groups -OCH3 is 1. The number of carbonyl (C=O) groups excluding carboxylic acids is 1. The molecule has 1 amide bonds. The van der Waals surface area contributed by atoms with E-state index in [9.17, 15) is 4.79 Å². The highest BCUT2D eigenvalue weighted by atomic mass is 35.5. The molecular weight excluding hydrogens is 314 g/mol. The summed E-state index contributed by atoms with van der Waals surface area (Å²) in [7, 11) is 1.60. The van der Waals surface area contributed by atoms with Gasteiger partial charge in [0.25, 0.3) is 0 Å². The Balaban J connectivity index is 1.68. The molecule has 0 aromatic heterocycles. The van der Waals surface area contributed by atoms with Crippen LogP contribution in [-0.2, 0) is 11.2 Å². The number of halogens is 1. The molecule has 23 heavy (non-hydrogen) atoms. The van der Waals surface area contributed by atoms with E-state index in [2.05, 4.69) is 5.32 Å². The van der Waals surface area contributed by atoms with Crippen LogP contribution in [0.3, 0.4) is 0 Å². The number of hydrogen-bond acceptors (Lipinski definition) is 3. The zero-order chi connectivity index (χ0) is 16.5. The van der Waals surface area contributed by atoms with Gasteiger partial charge in [-0.25, -0.2) is 0 Å². The lowest BCUT2D eigenvalue weighted by Gasteiger charge is -2.11. The lowest BCUT2D eigenvalue weighted by atomic mass is 10.1. The lowest BCUT2D eigenvalue weighted by Crippen LogP contribution is -2.28. The summed E-state index contributed by atoms with van der Waals surface area (Å²) in [6, 6.07) is 15.0. The number of nitrogens with one attached hydrogen (secondary N) is 1. The first-order valence-corrected chi connectivity index (χ1v) is 7.84. The molecule has 0 aliphatic heterocycles.